The topological polar surface area (TPSA) is 69.6 Å². The highest BCUT2D eigenvalue weighted by Crippen LogP contribution is 2.30. The fourth-order valence-electron chi connectivity index (χ4n) is 2.62. The van der Waals surface area contributed by atoms with Crippen molar-refractivity contribution in [2.75, 3.05) is 31.1 Å². The number of hydrogen-bond acceptors (Lipinski definition) is 3. The van der Waals surface area contributed by atoms with E-state index in [-0.39, 0.29) is 6.03 Å². The number of amides is 2. The maximum atomic E-state index is 12.0. The third-order valence-corrected chi connectivity index (χ3v) is 5.36. The van der Waals surface area contributed by atoms with Gasteiger partial charge in [0.25, 0.3) is 0 Å². The number of nitrogens with zero attached hydrogens (tertiary/aromatic N) is 1. The minimum atomic E-state index is -0.813. The largest absolute Gasteiger partial charge is 0.481 e. The number of hydrogen-bond donors (Lipinski definition) is 2. The molecule has 0 saturated carbocycles. The van der Waals surface area contributed by atoms with Gasteiger partial charge < -0.3 is 15.3 Å². The van der Waals surface area contributed by atoms with E-state index in [4.69, 9.17) is 5.11 Å². The van der Waals surface area contributed by atoms with Crippen molar-refractivity contribution in [3.05, 3.63) is 0 Å². The zero-order valence-corrected chi connectivity index (χ0v) is 12.2. The van der Waals surface area contributed by atoms with E-state index in [2.05, 4.69) is 5.32 Å². The molecule has 2 unspecified atom stereocenters. The van der Waals surface area contributed by atoms with E-state index in [0.29, 0.717) is 32.0 Å². The van der Waals surface area contributed by atoms with E-state index < -0.39 is 11.4 Å². The van der Waals surface area contributed by atoms with Crippen LogP contribution < -0.4 is 5.32 Å². The van der Waals surface area contributed by atoms with Crippen LogP contribution in [0.15, 0.2) is 0 Å². The fourth-order valence-corrected chi connectivity index (χ4v) is 3.78. The normalized spacial score (nSPS) is 31.2. The standard InChI is InChI=1S/C13H22N2O3S/c1-13(11(16)17)4-5-15(9-13)12(18)14-7-10-3-2-6-19-8-10/h10H,2-9H2,1H3,(H,14,18)(H,16,17). The van der Waals surface area contributed by atoms with Crippen LogP contribution in [0.3, 0.4) is 0 Å². The first kappa shape index (κ1) is 14.5. The Morgan fingerprint density at radius 2 is 2.32 bits per heavy atom. The second-order valence-corrected chi connectivity index (χ2v) is 6.96. The van der Waals surface area contributed by atoms with Crippen LogP contribution in [0.2, 0.25) is 0 Å². The summed E-state index contributed by atoms with van der Waals surface area (Å²) in [6.45, 7) is 3.27. The zero-order valence-electron chi connectivity index (χ0n) is 11.4. The fraction of sp³-hybridized carbons (Fsp3) is 0.846. The molecule has 2 atom stereocenters. The van der Waals surface area contributed by atoms with Crippen molar-refractivity contribution >= 4 is 23.8 Å². The molecule has 2 aliphatic heterocycles. The Morgan fingerprint density at radius 1 is 1.53 bits per heavy atom. The molecule has 0 bridgehead atoms. The predicted octanol–water partition coefficient (Wildman–Crippen LogP) is 1.64. The van der Waals surface area contributed by atoms with Crippen molar-refractivity contribution in [2.24, 2.45) is 11.3 Å². The van der Waals surface area contributed by atoms with Crippen LogP contribution in [0.25, 0.3) is 0 Å². The number of carbonyl (C=O) groups excluding carboxylic acids is 1. The van der Waals surface area contributed by atoms with Crippen molar-refractivity contribution in [1.29, 1.82) is 0 Å². The van der Waals surface area contributed by atoms with Gasteiger partial charge in [-0.3, -0.25) is 4.79 Å². The maximum absolute atomic E-state index is 12.0. The first-order chi connectivity index (χ1) is 9.01. The summed E-state index contributed by atoms with van der Waals surface area (Å²) < 4.78 is 0. The molecule has 6 heteroatoms. The zero-order chi connectivity index (χ0) is 13.9. The monoisotopic (exact) mass is 286 g/mol. The molecule has 2 N–H and O–H groups in total. The Hall–Kier alpha value is -0.910. The molecule has 2 fully saturated rings. The average Bonchev–Trinajstić information content (AvgIpc) is 2.81. The van der Waals surface area contributed by atoms with Gasteiger partial charge in [-0.15, -0.1) is 0 Å². The van der Waals surface area contributed by atoms with E-state index in [0.717, 1.165) is 5.75 Å². The van der Waals surface area contributed by atoms with Gasteiger partial charge in [-0.05, 0) is 43.6 Å². The van der Waals surface area contributed by atoms with Crippen molar-refractivity contribution < 1.29 is 14.7 Å². The van der Waals surface area contributed by atoms with Gasteiger partial charge in [0.2, 0.25) is 0 Å². The number of likely N-dealkylation sites (tertiary alicyclic amines) is 1. The highest BCUT2D eigenvalue weighted by atomic mass is 32.2. The van der Waals surface area contributed by atoms with Gasteiger partial charge in [-0.25, -0.2) is 4.79 Å². The lowest BCUT2D eigenvalue weighted by molar-refractivity contribution is -0.146. The van der Waals surface area contributed by atoms with E-state index in [1.807, 2.05) is 11.8 Å². The Bertz CT molecular complexity index is 358. The molecular weight excluding hydrogens is 264 g/mol. The number of carboxylic acid groups (broad SMARTS) is 1. The van der Waals surface area contributed by atoms with Gasteiger partial charge in [-0.1, -0.05) is 0 Å². The minimum absolute atomic E-state index is 0.111. The Labute approximate surface area is 118 Å². The number of carboxylic acids is 1. The molecule has 19 heavy (non-hydrogen) atoms. The summed E-state index contributed by atoms with van der Waals surface area (Å²) in [4.78, 5) is 24.8. The van der Waals surface area contributed by atoms with Gasteiger partial charge in [0.15, 0.2) is 0 Å². The Balaban J connectivity index is 1.76. The summed E-state index contributed by atoms with van der Waals surface area (Å²) in [5.74, 6) is 2.10. The van der Waals surface area contributed by atoms with Crippen LogP contribution in [0, 0.1) is 11.3 Å². The van der Waals surface area contributed by atoms with Gasteiger partial charge in [0.05, 0.1) is 5.41 Å². The molecular formula is C13H22N2O3S. The second kappa shape index (κ2) is 6.03. The van der Waals surface area contributed by atoms with Crippen LogP contribution in [-0.2, 0) is 4.79 Å². The molecule has 2 heterocycles. The molecule has 0 aliphatic carbocycles. The molecule has 0 aromatic rings. The summed E-state index contributed by atoms with van der Waals surface area (Å²) in [5.41, 5.74) is -0.780. The number of urea groups is 1. The van der Waals surface area contributed by atoms with Crippen LogP contribution in [0.5, 0.6) is 0 Å². The Kier molecular flexibility index (Phi) is 4.60. The van der Waals surface area contributed by atoms with E-state index in [1.165, 1.54) is 18.6 Å². The molecule has 0 aromatic carbocycles. The van der Waals surface area contributed by atoms with E-state index >= 15 is 0 Å². The van der Waals surface area contributed by atoms with Crippen LogP contribution >= 0.6 is 11.8 Å². The van der Waals surface area contributed by atoms with Gasteiger partial charge >= 0.3 is 12.0 Å². The number of rotatable bonds is 3. The third-order valence-electron chi connectivity index (χ3n) is 4.07. The van der Waals surface area contributed by atoms with Crippen molar-refractivity contribution in [1.82, 2.24) is 10.2 Å². The summed E-state index contributed by atoms with van der Waals surface area (Å²) in [6.07, 6.45) is 2.95. The van der Waals surface area contributed by atoms with E-state index in [9.17, 15) is 9.59 Å². The van der Waals surface area contributed by atoms with Crippen molar-refractivity contribution in [2.45, 2.75) is 26.2 Å². The van der Waals surface area contributed by atoms with Gasteiger partial charge in [0.1, 0.15) is 0 Å². The molecule has 108 valence electrons. The van der Waals surface area contributed by atoms with Crippen molar-refractivity contribution in [3.8, 4) is 0 Å². The molecule has 2 aliphatic rings. The molecule has 0 radical (unpaired) electrons. The number of carbonyl (C=O) groups is 2. The molecule has 2 amide bonds. The number of nitrogens with one attached hydrogen (secondary N) is 1. The Morgan fingerprint density at radius 3 is 2.89 bits per heavy atom. The summed E-state index contributed by atoms with van der Waals surface area (Å²) in [5, 5.41) is 12.1. The summed E-state index contributed by atoms with van der Waals surface area (Å²) in [7, 11) is 0. The lowest BCUT2D eigenvalue weighted by atomic mass is 9.90. The lowest BCUT2D eigenvalue weighted by Crippen LogP contribution is -2.43. The van der Waals surface area contributed by atoms with Gasteiger partial charge in [-0.2, -0.15) is 11.8 Å². The van der Waals surface area contributed by atoms with E-state index in [1.54, 1.807) is 11.8 Å². The predicted molar refractivity (Wildman–Crippen MR) is 75.4 cm³/mol. The molecule has 5 nitrogen and oxygen atoms in total. The number of aliphatic carboxylic acids is 1. The van der Waals surface area contributed by atoms with Gasteiger partial charge in [0, 0.05) is 19.6 Å². The molecule has 0 spiro atoms. The first-order valence-corrected chi connectivity index (χ1v) is 8.01. The number of thioether (sulfide) groups is 1. The van der Waals surface area contributed by atoms with Crippen LogP contribution in [0.1, 0.15) is 26.2 Å². The smallest absolute Gasteiger partial charge is 0.317 e. The van der Waals surface area contributed by atoms with Crippen LogP contribution in [0.4, 0.5) is 4.79 Å². The average molecular weight is 286 g/mol. The first-order valence-electron chi connectivity index (χ1n) is 6.85. The molecule has 2 rings (SSSR count). The SMILES string of the molecule is CC1(C(=O)O)CCN(C(=O)NCC2CCCSC2)C1. The third kappa shape index (κ3) is 3.55. The summed E-state index contributed by atoms with van der Waals surface area (Å²) in [6, 6.07) is -0.111. The lowest BCUT2D eigenvalue weighted by Gasteiger charge is -2.24. The highest BCUT2D eigenvalue weighted by molar-refractivity contribution is 7.99. The molecule has 0 aromatic heterocycles. The maximum Gasteiger partial charge on any atom is 0.317 e. The van der Waals surface area contributed by atoms with Crippen molar-refractivity contribution in [3.63, 3.8) is 0 Å². The second-order valence-electron chi connectivity index (χ2n) is 5.81. The summed E-state index contributed by atoms with van der Waals surface area (Å²) >= 11 is 1.95. The quantitative estimate of drug-likeness (QED) is 0.827. The van der Waals surface area contributed by atoms with Crippen LogP contribution in [-0.4, -0.2) is 53.1 Å². The molecule has 2 saturated heterocycles. The highest BCUT2D eigenvalue weighted by Gasteiger charge is 2.42. The minimum Gasteiger partial charge on any atom is -0.481 e.